The van der Waals surface area contributed by atoms with Crippen molar-refractivity contribution in [3.05, 3.63) is 34.9 Å². The van der Waals surface area contributed by atoms with Crippen LogP contribution in [0.5, 0.6) is 0 Å². The molecule has 0 aliphatic heterocycles. The summed E-state index contributed by atoms with van der Waals surface area (Å²) in [6.45, 7) is 4.07. The Labute approximate surface area is 107 Å². The first-order chi connectivity index (χ1) is 7.86. The standard InChI is InChI=1S/C13H18ClNO2/c1-13(2,9-16)15(3)8-12(17)10-4-6-11(14)7-5-10/h4-7,16H,8-9H2,1-3H3. The second-order valence-electron chi connectivity index (χ2n) is 4.76. The summed E-state index contributed by atoms with van der Waals surface area (Å²) in [6, 6.07) is 6.83. The van der Waals surface area contributed by atoms with E-state index in [1.165, 1.54) is 0 Å². The Bertz CT molecular complexity index is 387. The summed E-state index contributed by atoms with van der Waals surface area (Å²) < 4.78 is 0. The van der Waals surface area contributed by atoms with E-state index in [1.54, 1.807) is 24.3 Å². The van der Waals surface area contributed by atoms with Crippen molar-refractivity contribution in [1.29, 1.82) is 0 Å². The minimum Gasteiger partial charge on any atom is -0.394 e. The average molecular weight is 256 g/mol. The van der Waals surface area contributed by atoms with Crippen LogP contribution < -0.4 is 0 Å². The van der Waals surface area contributed by atoms with E-state index in [9.17, 15) is 9.90 Å². The molecule has 0 aliphatic rings. The normalized spacial score (nSPS) is 11.9. The Kier molecular flexibility index (Phi) is 4.69. The lowest BCUT2D eigenvalue weighted by Crippen LogP contribution is -2.46. The summed E-state index contributed by atoms with van der Waals surface area (Å²) in [7, 11) is 1.82. The number of hydrogen-bond donors (Lipinski definition) is 1. The van der Waals surface area contributed by atoms with Crippen molar-refractivity contribution in [3.63, 3.8) is 0 Å². The molecule has 0 unspecified atom stereocenters. The van der Waals surface area contributed by atoms with Gasteiger partial charge in [0, 0.05) is 16.1 Å². The van der Waals surface area contributed by atoms with Gasteiger partial charge >= 0.3 is 0 Å². The highest BCUT2D eigenvalue weighted by Crippen LogP contribution is 2.14. The summed E-state index contributed by atoms with van der Waals surface area (Å²) in [5.41, 5.74) is 0.234. The maximum atomic E-state index is 12.0. The Morgan fingerprint density at radius 3 is 2.35 bits per heavy atom. The molecule has 0 saturated heterocycles. The molecular formula is C13H18ClNO2. The van der Waals surface area contributed by atoms with Gasteiger partial charge in [-0.2, -0.15) is 0 Å². The molecule has 0 amide bonds. The number of ketones is 1. The summed E-state index contributed by atoms with van der Waals surface area (Å²) in [5.74, 6) is 0.0192. The maximum absolute atomic E-state index is 12.0. The largest absolute Gasteiger partial charge is 0.394 e. The van der Waals surface area contributed by atoms with Crippen LogP contribution in [-0.4, -0.2) is 41.5 Å². The molecule has 0 spiro atoms. The lowest BCUT2D eigenvalue weighted by Gasteiger charge is -2.33. The summed E-state index contributed by atoms with van der Waals surface area (Å²) in [6.07, 6.45) is 0. The molecule has 3 nitrogen and oxygen atoms in total. The average Bonchev–Trinajstić information content (AvgIpc) is 2.29. The van der Waals surface area contributed by atoms with Gasteiger partial charge in [0.1, 0.15) is 0 Å². The number of benzene rings is 1. The summed E-state index contributed by atoms with van der Waals surface area (Å²) in [5, 5.41) is 9.83. The first kappa shape index (κ1) is 14.2. The highest BCUT2D eigenvalue weighted by Gasteiger charge is 2.24. The van der Waals surface area contributed by atoms with E-state index in [0.717, 1.165) is 0 Å². The highest BCUT2D eigenvalue weighted by molar-refractivity contribution is 6.30. The van der Waals surface area contributed by atoms with Crippen LogP contribution in [0.4, 0.5) is 0 Å². The van der Waals surface area contributed by atoms with Crippen molar-refractivity contribution in [2.75, 3.05) is 20.2 Å². The minimum atomic E-state index is -0.401. The fourth-order valence-corrected chi connectivity index (χ4v) is 1.40. The van der Waals surface area contributed by atoms with E-state index in [-0.39, 0.29) is 18.9 Å². The number of aliphatic hydroxyl groups excluding tert-OH is 1. The fourth-order valence-electron chi connectivity index (χ4n) is 1.28. The number of rotatable bonds is 5. The van der Waals surface area contributed by atoms with E-state index in [0.29, 0.717) is 10.6 Å². The van der Waals surface area contributed by atoms with Gasteiger partial charge in [0.15, 0.2) is 5.78 Å². The molecule has 1 aromatic rings. The number of Topliss-reactive ketones (excluding diaryl/α,β-unsaturated/α-hetero) is 1. The van der Waals surface area contributed by atoms with E-state index in [2.05, 4.69) is 0 Å². The lowest BCUT2D eigenvalue weighted by atomic mass is 10.0. The number of likely N-dealkylation sites (N-methyl/N-ethyl adjacent to an activating group) is 1. The highest BCUT2D eigenvalue weighted by atomic mass is 35.5. The van der Waals surface area contributed by atoms with Gasteiger partial charge in [0.2, 0.25) is 0 Å². The van der Waals surface area contributed by atoms with Crippen molar-refractivity contribution in [2.24, 2.45) is 0 Å². The number of carbonyl (C=O) groups is 1. The van der Waals surface area contributed by atoms with E-state index >= 15 is 0 Å². The van der Waals surface area contributed by atoms with Crippen molar-refractivity contribution < 1.29 is 9.90 Å². The Hall–Kier alpha value is -0.900. The quantitative estimate of drug-likeness (QED) is 0.821. The van der Waals surface area contributed by atoms with E-state index in [1.807, 2.05) is 25.8 Å². The number of hydrogen-bond acceptors (Lipinski definition) is 3. The summed E-state index contributed by atoms with van der Waals surface area (Å²) >= 11 is 5.76. The van der Waals surface area contributed by atoms with Crippen molar-refractivity contribution in [2.45, 2.75) is 19.4 Å². The van der Waals surface area contributed by atoms with Crippen LogP contribution in [0.3, 0.4) is 0 Å². The Morgan fingerprint density at radius 1 is 1.35 bits per heavy atom. The number of nitrogens with zero attached hydrogens (tertiary/aromatic N) is 1. The molecule has 0 radical (unpaired) electrons. The first-order valence-electron chi connectivity index (χ1n) is 5.47. The molecule has 1 rings (SSSR count). The van der Waals surface area contributed by atoms with Crippen LogP contribution in [-0.2, 0) is 0 Å². The third-order valence-corrected chi connectivity index (χ3v) is 3.22. The number of carbonyl (C=O) groups excluding carboxylic acids is 1. The van der Waals surface area contributed by atoms with E-state index < -0.39 is 5.54 Å². The second-order valence-corrected chi connectivity index (χ2v) is 5.19. The first-order valence-corrected chi connectivity index (χ1v) is 5.85. The monoisotopic (exact) mass is 255 g/mol. The molecule has 0 aliphatic carbocycles. The molecule has 17 heavy (non-hydrogen) atoms. The van der Waals surface area contributed by atoms with Crippen LogP contribution in [0, 0.1) is 0 Å². The van der Waals surface area contributed by atoms with E-state index in [4.69, 9.17) is 11.6 Å². The fraction of sp³-hybridized carbons (Fsp3) is 0.462. The van der Waals surface area contributed by atoms with Gasteiger partial charge in [-0.1, -0.05) is 11.6 Å². The van der Waals surface area contributed by atoms with Gasteiger partial charge in [-0.3, -0.25) is 9.69 Å². The smallest absolute Gasteiger partial charge is 0.176 e. The molecule has 0 heterocycles. The maximum Gasteiger partial charge on any atom is 0.176 e. The Balaban J connectivity index is 2.70. The molecule has 1 aromatic carbocycles. The molecule has 94 valence electrons. The third-order valence-electron chi connectivity index (χ3n) is 2.97. The zero-order chi connectivity index (χ0) is 13.1. The van der Waals surface area contributed by atoms with Crippen LogP contribution in [0.1, 0.15) is 24.2 Å². The van der Waals surface area contributed by atoms with Crippen LogP contribution in [0.25, 0.3) is 0 Å². The summed E-state index contributed by atoms with van der Waals surface area (Å²) in [4.78, 5) is 13.8. The van der Waals surface area contributed by atoms with Crippen LogP contribution >= 0.6 is 11.6 Å². The zero-order valence-corrected chi connectivity index (χ0v) is 11.2. The molecule has 4 heteroatoms. The van der Waals surface area contributed by atoms with Gasteiger partial charge < -0.3 is 5.11 Å². The molecule has 0 fully saturated rings. The van der Waals surface area contributed by atoms with Crippen LogP contribution in [0.15, 0.2) is 24.3 Å². The van der Waals surface area contributed by atoms with Gasteiger partial charge in [-0.25, -0.2) is 0 Å². The van der Waals surface area contributed by atoms with Gasteiger partial charge in [-0.05, 0) is 45.2 Å². The topological polar surface area (TPSA) is 40.5 Å². The SMILES string of the molecule is CN(CC(=O)c1ccc(Cl)cc1)C(C)(C)CO. The molecule has 0 atom stereocenters. The third kappa shape index (κ3) is 3.80. The lowest BCUT2D eigenvalue weighted by molar-refractivity contribution is 0.0659. The number of halogens is 1. The molecule has 1 N–H and O–H groups in total. The van der Waals surface area contributed by atoms with Gasteiger partial charge in [-0.15, -0.1) is 0 Å². The molecular weight excluding hydrogens is 238 g/mol. The minimum absolute atomic E-state index is 0.0113. The molecule has 0 aromatic heterocycles. The predicted molar refractivity (Wildman–Crippen MR) is 69.6 cm³/mol. The molecule has 0 saturated carbocycles. The van der Waals surface area contributed by atoms with Gasteiger partial charge in [0.05, 0.1) is 13.2 Å². The second kappa shape index (κ2) is 5.63. The van der Waals surface area contributed by atoms with Gasteiger partial charge in [0.25, 0.3) is 0 Å². The number of aliphatic hydroxyl groups is 1. The van der Waals surface area contributed by atoms with Crippen molar-refractivity contribution in [1.82, 2.24) is 4.90 Å². The van der Waals surface area contributed by atoms with Crippen LogP contribution in [0.2, 0.25) is 5.02 Å². The van der Waals surface area contributed by atoms with Crippen molar-refractivity contribution in [3.8, 4) is 0 Å². The predicted octanol–water partition coefficient (Wildman–Crippen LogP) is 2.23. The Morgan fingerprint density at radius 2 is 1.88 bits per heavy atom. The van der Waals surface area contributed by atoms with Crippen molar-refractivity contribution >= 4 is 17.4 Å². The zero-order valence-electron chi connectivity index (χ0n) is 10.4. The molecule has 0 bridgehead atoms.